The number of nitrogens with zero attached hydrogens (tertiary/aromatic N) is 2. The molecule has 0 aromatic carbocycles. The van der Waals surface area contributed by atoms with Crippen molar-refractivity contribution in [2.24, 2.45) is 0 Å². The van der Waals surface area contributed by atoms with Gasteiger partial charge in [-0.2, -0.15) is 4.31 Å². The van der Waals surface area contributed by atoms with Gasteiger partial charge in [-0.05, 0) is 31.9 Å². The fourth-order valence-corrected chi connectivity index (χ4v) is 3.95. The van der Waals surface area contributed by atoms with E-state index in [0.717, 1.165) is 12.8 Å². The Morgan fingerprint density at radius 3 is 3.05 bits per heavy atom. The summed E-state index contributed by atoms with van der Waals surface area (Å²) in [6, 6.07) is 3.46. The van der Waals surface area contributed by atoms with Crippen LogP contribution < -0.4 is 5.32 Å². The number of ether oxygens (including phenoxy) is 1. The smallest absolute Gasteiger partial charge is 0.262 e. The molecule has 0 amide bonds. The highest BCUT2D eigenvalue weighted by atomic mass is 32.2. The van der Waals surface area contributed by atoms with E-state index in [-0.39, 0.29) is 11.1 Å². The van der Waals surface area contributed by atoms with Gasteiger partial charge >= 0.3 is 0 Å². The van der Waals surface area contributed by atoms with Gasteiger partial charge in [0.15, 0.2) is 5.03 Å². The number of pyridine rings is 1. The van der Waals surface area contributed by atoms with Crippen molar-refractivity contribution in [1.29, 1.82) is 0 Å². The molecule has 1 aliphatic rings. The minimum absolute atomic E-state index is 0.0372. The summed E-state index contributed by atoms with van der Waals surface area (Å²) in [5.74, 6) is 0. The minimum atomic E-state index is -3.58. The second-order valence-electron chi connectivity index (χ2n) is 4.75. The lowest BCUT2D eigenvalue weighted by atomic mass is 10.1. The summed E-state index contributed by atoms with van der Waals surface area (Å²) in [4.78, 5) is 4.06. The first-order valence-electron chi connectivity index (χ1n) is 6.81. The van der Waals surface area contributed by atoms with Crippen molar-refractivity contribution in [2.45, 2.75) is 30.9 Å². The van der Waals surface area contributed by atoms with Crippen molar-refractivity contribution in [3.05, 3.63) is 18.3 Å². The standard InChI is InChI=1S/C13H21N3O3S/c1-3-14-12-7-4-8-15-13(12)20(17,18)16-9-5-6-11(10-16)19-2/h4,7-8,11,14H,3,5-6,9-10H2,1-2H3. The van der Waals surface area contributed by atoms with Crippen molar-refractivity contribution in [3.8, 4) is 0 Å². The van der Waals surface area contributed by atoms with Crippen LogP contribution in [0.25, 0.3) is 0 Å². The Morgan fingerprint density at radius 1 is 1.55 bits per heavy atom. The molecule has 0 radical (unpaired) electrons. The van der Waals surface area contributed by atoms with E-state index in [1.807, 2.05) is 6.92 Å². The fourth-order valence-electron chi connectivity index (χ4n) is 2.36. The molecule has 1 N–H and O–H groups in total. The average molecular weight is 299 g/mol. The lowest BCUT2D eigenvalue weighted by Crippen LogP contribution is -2.43. The van der Waals surface area contributed by atoms with Crippen LogP contribution >= 0.6 is 0 Å². The number of nitrogens with one attached hydrogen (secondary N) is 1. The highest BCUT2D eigenvalue weighted by Crippen LogP contribution is 2.25. The number of hydrogen-bond donors (Lipinski definition) is 1. The molecular weight excluding hydrogens is 278 g/mol. The highest BCUT2D eigenvalue weighted by Gasteiger charge is 2.32. The zero-order chi connectivity index (χ0) is 14.6. The van der Waals surface area contributed by atoms with Crippen LogP contribution in [0.5, 0.6) is 0 Å². The van der Waals surface area contributed by atoms with Gasteiger partial charge < -0.3 is 10.1 Å². The van der Waals surface area contributed by atoms with Crippen molar-refractivity contribution in [2.75, 3.05) is 32.1 Å². The van der Waals surface area contributed by atoms with Crippen molar-refractivity contribution in [1.82, 2.24) is 9.29 Å². The summed E-state index contributed by atoms with van der Waals surface area (Å²) < 4.78 is 32.2. The van der Waals surface area contributed by atoms with Gasteiger partial charge in [0.25, 0.3) is 10.0 Å². The second kappa shape index (κ2) is 6.51. The molecule has 20 heavy (non-hydrogen) atoms. The lowest BCUT2D eigenvalue weighted by molar-refractivity contribution is 0.0571. The molecule has 0 bridgehead atoms. The molecule has 1 aromatic rings. The Morgan fingerprint density at radius 2 is 2.35 bits per heavy atom. The monoisotopic (exact) mass is 299 g/mol. The van der Waals surface area contributed by atoms with E-state index in [0.29, 0.717) is 25.3 Å². The second-order valence-corrected chi connectivity index (χ2v) is 6.60. The molecule has 6 nitrogen and oxygen atoms in total. The maximum atomic E-state index is 12.7. The molecule has 112 valence electrons. The van der Waals surface area contributed by atoms with Gasteiger partial charge in [-0.3, -0.25) is 0 Å². The first-order valence-corrected chi connectivity index (χ1v) is 8.25. The van der Waals surface area contributed by atoms with Crippen LogP contribution in [0.3, 0.4) is 0 Å². The molecule has 1 unspecified atom stereocenters. The molecule has 7 heteroatoms. The molecule has 2 heterocycles. The van der Waals surface area contributed by atoms with Crippen LogP contribution in [0.4, 0.5) is 5.69 Å². The van der Waals surface area contributed by atoms with E-state index in [4.69, 9.17) is 4.74 Å². The fraction of sp³-hybridized carbons (Fsp3) is 0.615. The maximum absolute atomic E-state index is 12.7. The zero-order valence-corrected chi connectivity index (χ0v) is 12.7. The molecule has 0 spiro atoms. The van der Waals surface area contributed by atoms with Crippen molar-refractivity contribution >= 4 is 15.7 Å². The predicted molar refractivity (Wildman–Crippen MR) is 77.2 cm³/mol. The first kappa shape index (κ1) is 15.2. The van der Waals surface area contributed by atoms with Crippen LogP contribution in [0.1, 0.15) is 19.8 Å². The molecule has 1 atom stereocenters. The number of sulfonamides is 1. The van der Waals surface area contributed by atoms with Crippen LogP contribution in [0.15, 0.2) is 23.4 Å². The zero-order valence-electron chi connectivity index (χ0n) is 11.9. The van der Waals surface area contributed by atoms with E-state index < -0.39 is 10.0 Å². The Balaban J connectivity index is 2.30. The number of piperidine rings is 1. The average Bonchev–Trinajstić information content (AvgIpc) is 2.48. The predicted octanol–water partition coefficient (Wildman–Crippen LogP) is 1.31. The molecule has 0 aliphatic carbocycles. The Labute approximate surface area is 120 Å². The summed E-state index contributed by atoms with van der Waals surface area (Å²) in [5.41, 5.74) is 0.551. The molecule has 1 saturated heterocycles. The first-order chi connectivity index (χ1) is 9.59. The quantitative estimate of drug-likeness (QED) is 0.887. The SMILES string of the molecule is CCNc1cccnc1S(=O)(=O)N1CCCC(OC)C1. The summed E-state index contributed by atoms with van der Waals surface area (Å²) in [6.07, 6.45) is 3.17. The van der Waals surface area contributed by atoms with Crippen LogP contribution in [-0.2, 0) is 14.8 Å². The lowest BCUT2D eigenvalue weighted by Gasteiger charge is -2.31. The molecule has 1 fully saturated rings. The maximum Gasteiger partial charge on any atom is 0.262 e. The molecule has 1 aromatic heterocycles. The number of rotatable bonds is 5. The van der Waals surface area contributed by atoms with Gasteiger partial charge in [-0.25, -0.2) is 13.4 Å². The molecular formula is C13H21N3O3S. The van der Waals surface area contributed by atoms with Gasteiger partial charge in [0.05, 0.1) is 11.8 Å². The van der Waals surface area contributed by atoms with Gasteiger partial charge in [-0.1, -0.05) is 0 Å². The van der Waals surface area contributed by atoms with Crippen LogP contribution in [-0.4, -0.2) is 50.6 Å². The minimum Gasteiger partial charge on any atom is -0.383 e. The van der Waals surface area contributed by atoms with E-state index in [1.165, 1.54) is 10.5 Å². The summed E-state index contributed by atoms with van der Waals surface area (Å²) in [6.45, 7) is 3.48. The van der Waals surface area contributed by atoms with Crippen molar-refractivity contribution < 1.29 is 13.2 Å². The summed E-state index contributed by atoms with van der Waals surface area (Å²) in [5, 5.41) is 3.14. The van der Waals surface area contributed by atoms with Crippen LogP contribution in [0.2, 0.25) is 0 Å². The number of aromatic nitrogens is 1. The van der Waals surface area contributed by atoms with E-state index >= 15 is 0 Å². The third kappa shape index (κ3) is 3.11. The topological polar surface area (TPSA) is 71.5 Å². The van der Waals surface area contributed by atoms with E-state index in [2.05, 4.69) is 10.3 Å². The van der Waals surface area contributed by atoms with Gasteiger partial charge in [0, 0.05) is 32.9 Å². The largest absolute Gasteiger partial charge is 0.383 e. The van der Waals surface area contributed by atoms with E-state index in [9.17, 15) is 8.42 Å². The van der Waals surface area contributed by atoms with E-state index in [1.54, 1.807) is 19.2 Å². The normalized spacial score (nSPS) is 20.8. The highest BCUT2D eigenvalue weighted by molar-refractivity contribution is 7.89. The third-order valence-corrected chi connectivity index (χ3v) is 5.22. The molecule has 0 saturated carbocycles. The number of hydrogen-bond acceptors (Lipinski definition) is 5. The van der Waals surface area contributed by atoms with Crippen LogP contribution in [0, 0.1) is 0 Å². The third-order valence-electron chi connectivity index (χ3n) is 3.40. The molecule has 1 aliphatic heterocycles. The van der Waals surface area contributed by atoms with Gasteiger partial charge in [0.1, 0.15) is 0 Å². The summed E-state index contributed by atoms with van der Waals surface area (Å²) in [7, 11) is -1.96. The summed E-state index contributed by atoms with van der Waals surface area (Å²) >= 11 is 0. The molecule has 2 rings (SSSR count). The van der Waals surface area contributed by atoms with Gasteiger partial charge in [0.2, 0.25) is 0 Å². The number of anilines is 1. The van der Waals surface area contributed by atoms with Gasteiger partial charge in [-0.15, -0.1) is 0 Å². The Hall–Kier alpha value is -1.18. The Kier molecular flexibility index (Phi) is 4.95. The van der Waals surface area contributed by atoms with Crippen molar-refractivity contribution in [3.63, 3.8) is 0 Å². The Bertz CT molecular complexity index is 548. The number of methoxy groups -OCH3 is 1.